The van der Waals surface area contributed by atoms with Crippen LogP contribution in [0.2, 0.25) is 0 Å². The zero-order chi connectivity index (χ0) is 13.1. The largest absolute Gasteiger partial charge is 0.388 e. The highest BCUT2D eigenvalue weighted by Gasteiger charge is 2.11. The molecule has 1 aromatic carbocycles. The summed E-state index contributed by atoms with van der Waals surface area (Å²) in [6, 6.07) is 6.43. The van der Waals surface area contributed by atoms with Crippen molar-refractivity contribution in [3.8, 4) is 0 Å². The molecule has 2 aromatic rings. The molecule has 96 valence electrons. The molecule has 0 bridgehead atoms. The molecule has 1 unspecified atom stereocenters. The fraction of sp³-hybridized carbons (Fsp3) is 0.308. The van der Waals surface area contributed by atoms with Crippen LogP contribution in [0.3, 0.4) is 0 Å². The molecule has 1 aromatic heterocycles. The lowest BCUT2D eigenvalue weighted by Crippen LogP contribution is -1.88. The zero-order valence-corrected chi connectivity index (χ0v) is 11.8. The van der Waals surface area contributed by atoms with Crippen LogP contribution in [-0.4, -0.2) is 10.1 Å². The van der Waals surface area contributed by atoms with Crippen LogP contribution in [-0.2, 0) is 5.75 Å². The Morgan fingerprint density at radius 1 is 1.39 bits per heavy atom. The van der Waals surface area contributed by atoms with Crippen molar-refractivity contribution < 1.29 is 9.50 Å². The number of halogens is 1. The van der Waals surface area contributed by atoms with E-state index < -0.39 is 6.10 Å². The molecule has 0 spiro atoms. The number of hydrogen-bond acceptors (Lipinski definition) is 4. The fourth-order valence-electron chi connectivity index (χ4n) is 1.59. The number of hydrogen-bond donors (Lipinski definition) is 1. The lowest BCUT2D eigenvalue weighted by atomic mass is 10.3. The first-order valence-electron chi connectivity index (χ1n) is 5.59. The van der Waals surface area contributed by atoms with Gasteiger partial charge in [0.1, 0.15) is 10.8 Å². The summed E-state index contributed by atoms with van der Waals surface area (Å²) in [7, 11) is 0. The van der Waals surface area contributed by atoms with Crippen LogP contribution >= 0.6 is 23.1 Å². The average molecular weight is 283 g/mol. The van der Waals surface area contributed by atoms with E-state index in [1.807, 2.05) is 6.92 Å². The maximum atomic E-state index is 12.7. The predicted molar refractivity (Wildman–Crippen MR) is 73.4 cm³/mol. The van der Waals surface area contributed by atoms with Crippen molar-refractivity contribution in [1.29, 1.82) is 0 Å². The van der Waals surface area contributed by atoms with Crippen molar-refractivity contribution >= 4 is 23.1 Å². The van der Waals surface area contributed by atoms with Crippen LogP contribution in [0.25, 0.3) is 0 Å². The van der Waals surface area contributed by atoms with Crippen molar-refractivity contribution in [2.45, 2.75) is 30.6 Å². The van der Waals surface area contributed by atoms with Gasteiger partial charge in [0.25, 0.3) is 0 Å². The third-order valence-corrected chi connectivity index (χ3v) is 4.97. The first-order chi connectivity index (χ1) is 8.56. The highest BCUT2D eigenvalue weighted by atomic mass is 32.2. The second-order valence-corrected chi connectivity index (χ2v) is 6.14. The van der Waals surface area contributed by atoms with Crippen LogP contribution in [0.5, 0.6) is 0 Å². The van der Waals surface area contributed by atoms with E-state index in [9.17, 15) is 9.50 Å². The molecular weight excluding hydrogens is 269 g/mol. The zero-order valence-electron chi connectivity index (χ0n) is 10.2. The normalized spacial score (nSPS) is 12.7. The van der Waals surface area contributed by atoms with Gasteiger partial charge in [-0.25, -0.2) is 9.37 Å². The molecule has 1 N–H and O–H groups in total. The highest BCUT2D eigenvalue weighted by molar-refractivity contribution is 7.98. The molecule has 0 aliphatic rings. The van der Waals surface area contributed by atoms with E-state index in [0.717, 1.165) is 26.2 Å². The number of benzene rings is 1. The average Bonchev–Trinajstić information content (AvgIpc) is 2.70. The number of aliphatic hydroxyl groups is 1. The second kappa shape index (κ2) is 5.82. The first-order valence-corrected chi connectivity index (χ1v) is 7.39. The van der Waals surface area contributed by atoms with Crippen molar-refractivity contribution in [1.82, 2.24) is 4.98 Å². The van der Waals surface area contributed by atoms with E-state index in [2.05, 4.69) is 4.98 Å². The van der Waals surface area contributed by atoms with Gasteiger partial charge >= 0.3 is 0 Å². The summed E-state index contributed by atoms with van der Waals surface area (Å²) in [6.45, 7) is 3.65. The number of thioether (sulfide) groups is 1. The molecule has 0 fully saturated rings. The Morgan fingerprint density at radius 3 is 2.61 bits per heavy atom. The van der Waals surface area contributed by atoms with Crippen molar-refractivity contribution in [3.63, 3.8) is 0 Å². The van der Waals surface area contributed by atoms with Gasteiger partial charge in [0.05, 0.1) is 22.4 Å². The summed E-state index contributed by atoms with van der Waals surface area (Å²) >= 11 is 3.15. The Balaban J connectivity index is 2.02. The fourth-order valence-corrected chi connectivity index (χ4v) is 3.49. The Morgan fingerprint density at radius 2 is 2.06 bits per heavy atom. The smallest absolute Gasteiger partial charge is 0.123 e. The molecule has 1 atom stereocenters. The molecule has 18 heavy (non-hydrogen) atoms. The van der Waals surface area contributed by atoms with Gasteiger partial charge < -0.3 is 5.11 Å². The molecule has 0 radical (unpaired) electrons. The summed E-state index contributed by atoms with van der Waals surface area (Å²) in [4.78, 5) is 6.37. The standard InChI is InChI=1S/C13H14FNOS2/c1-8-13(9(2)16)18-12(15-8)7-17-11-5-3-10(14)4-6-11/h3-6,9,16H,7H2,1-2H3. The predicted octanol–water partition coefficient (Wildman–Crippen LogP) is 3.94. The maximum absolute atomic E-state index is 12.7. The summed E-state index contributed by atoms with van der Waals surface area (Å²) in [5.41, 5.74) is 0.893. The highest BCUT2D eigenvalue weighted by Crippen LogP contribution is 2.29. The van der Waals surface area contributed by atoms with Crippen LogP contribution in [0.1, 0.15) is 28.6 Å². The summed E-state index contributed by atoms with van der Waals surface area (Å²) < 4.78 is 12.7. The lowest BCUT2D eigenvalue weighted by molar-refractivity contribution is 0.202. The van der Waals surface area contributed by atoms with Crippen molar-refractivity contribution in [2.24, 2.45) is 0 Å². The van der Waals surface area contributed by atoms with E-state index in [1.54, 1.807) is 30.8 Å². The molecule has 2 nitrogen and oxygen atoms in total. The number of aryl methyl sites for hydroxylation is 1. The third kappa shape index (κ3) is 3.31. The van der Waals surface area contributed by atoms with Crippen molar-refractivity contribution in [2.75, 3.05) is 0 Å². The van der Waals surface area contributed by atoms with Crippen LogP contribution in [0.4, 0.5) is 4.39 Å². The Labute approximate surface area is 114 Å². The molecule has 0 saturated carbocycles. The molecule has 0 amide bonds. The number of aromatic nitrogens is 1. The second-order valence-electron chi connectivity index (χ2n) is 3.98. The molecule has 0 aliphatic heterocycles. The Hall–Kier alpha value is -0.910. The summed E-state index contributed by atoms with van der Waals surface area (Å²) in [5.74, 6) is 0.518. The van der Waals surface area contributed by atoms with Gasteiger partial charge in [-0.05, 0) is 38.1 Å². The number of nitrogens with zero attached hydrogens (tertiary/aromatic N) is 1. The van der Waals surface area contributed by atoms with Crippen LogP contribution in [0, 0.1) is 12.7 Å². The Bertz CT molecular complexity index is 522. The molecule has 2 rings (SSSR count). The molecule has 1 heterocycles. The van der Waals surface area contributed by atoms with Crippen LogP contribution in [0.15, 0.2) is 29.2 Å². The van der Waals surface area contributed by atoms with E-state index in [4.69, 9.17) is 0 Å². The van der Waals surface area contributed by atoms with Gasteiger partial charge in [0, 0.05) is 4.90 Å². The molecule has 0 saturated heterocycles. The molecule has 0 aliphatic carbocycles. The number of aliphatic hydroxyl groups excluding tert-OH is 1. The van der Waals surface area contributed by atoms with E-state index in [1.165, 1.54) is 23.5 Å². The first kappa shape index (κ1) is 13.5. The van der Waals surface area contributed by atoms with E-state index in [0.29, 0.717) is 0 Å². The summed E-state index contributed by atoms with van der Waals surface area (Å²) in [6.07, 6.45) is -0.466. The minimum absolute atomic E-state index is 0.221. The SMILES string of the molecule is Cc1nc(CSc2ccc(F)cc2)sc1C(C)O. The maximum Gasteiger partial charge on any atom is 0.123 e. The topological polar surface area (TPSA) is 33.1 Å². The van der Waals surface area contributed by atoms with Gasteiger partial charge in [0.2, 0.25) is 0 Å². The van der Waals surface area contributed by atoms with Gasteiger partial charge in [-0.1, -0.05) is 0 Å². The lowest BCUT2D eigenvalue weighted by Gasteiger charge is -1.99. The van der Waals surface area contributed by atoms with Gasteiger partial charge in [-0.2, -0.15) is 0 Å². The van der Waals surface area contributed by atoms with Gasteiger partial charge in [-0.3, -0.25) is 0 Å². The summed E-state index contributed by atoms with van der Waals surface area (Å²) in [5, 5.41) is 10.5. The van der Waals surface area contributed by atoms with E-state index >= 15 is 0 Å². The number of rotatable bonds is 4. The van der Waals surface area contributed by atoms with Gasteiger partial charge in [0.15, 0.2) is 0 Å². The van der Waals surface area contributed by atoms with E-state index in [-0.39, 0.29) is 5.82 Å². The van der Waals surface area contributed by atoms with Crippen LogP contribution < -0.4 is 0 Å². The Kier molecular flexibility index (Phi) is 4.37. The minimum Gasteiger partial charge on any atom is -0.388 e. The molecule has 5 heteroatoms. The van der Waals surface area contributed by atoms with Gasteiger partial charge in [-0.15, -0.1) is 23.1 Å². The third-order valence-electron chi connectivity index (χ3n) is 2.43. The quantitative estimate of drug-likeness (QED) is 0.863. The minimum atomic E-state index is -0.466. The van der Waals surface area contributed by atoms with Crippen molar-refractivity contribution in [3.05, 3.63) is 45.7 Å². The molecular formula is C13H14FNOS2. The monoisotopic (exact) mass is 283 g/mol. The number of thiazole rings is 1.